The number of rotatable bonds is 2. The van der Waals surface area contributed by atoms with Crippen LogP contribution in [0.1, 0.15) is 29.8 Å². The molecule has 0 fully saturated rings. The Morgan fingerprint density at radius 1 is 1.13 bits per heavy atom. The van der Waals surface area contributed by atoms with Crippen LogP contribution in [0, 0.1) is 0 Å². The topological polar surface area (TPSA) is 28.3 Å². The van der Waals surface area contributed by atoms with Crippen LogP contribution in [0.25, 0.3) is 10.9 Å². The van der Waals surface area contributed by atoms with Gasteiger partial charge in [0.2, 0.25) is 0 Å². The summed E-state index contributed by atoms with van der Waals surface area (Å²) in [7, 11) is 3.93. The molecule has 2 atom stereocenters. The van der Waals surface area contributed by atoms with Gasteiger partial charge < -0.3 is 9.72 Å². The number of nitrogens with one attached hydrogen (secondary N) is 1. The lowest BCUT2D eigenvalue weighted by molar-refractivity contribution is 0.191. The number of benzene rings is 2. The fourth-order valence-corrected chi connectivity index (χ4v) is 3.79. The van der Waals surface area contributed by atoms with Gasteiger partial charge in [0, 0.05) is 22.6 Å². The SMILES string of the molecule is COc1cccc(C2c3[nH]c4ccccc4c3CC(C)N2C)c1. The van der Waals surface area contributed by atoms with E-state index in [0.29, 0.717) is 6.04 Å². The summed E-state index contributed by atoms with van der Waals surface area (Å²) < 4.78 is 5.43. The number of hydrogen-bond acceptors (Lipinski definition) is 2. The van der Waals surface area contributed by atoms with Crippen molar-refractivity contribution in [2.45, 2.75) is 25.4 Å². The number of para-hydroxylation sites is 1. The molecular formula is C20H22N2O. The van der Waals surface area contributed by atoms with E-state index in [9.17, 15) is 0 Å². The third-order valence-electron chi connectivity index (χ3n) is 5.13. The van der Waals surface area contributed by atoms with Gasteiger partial charge in [0.05, 0.1) is 13.2 Å². The Hall–Kier alpha value is -2.26. The smallest absolute Gasteiger partial charge is 0.119 e. The van der Waals surface area contributed by atoms with E-state index in [1.807, 2.05) is 6.07 Å². The van der Waals surface area contributed by atoms with Crippen molar-refractivity contribution in [2.75, 3.05) is 14.2 Å². The standard InChI is InChI=1S/C20H22N2O/c1-13-11-17-16-9-4-5-10-18(16)21-19(17)20(22(13)2)14-7-6-8-15(12-14)23-3/h4-10,12-13,20-21H,11H2,1-3H3. The summed E-state index contributed by atoms with van der Waals surface area (Å²) in [6.07, 6.45) is 1.08. The van der Waals surface area contributed by atoms with Gasteiger partial charge in [-0.1, -0.05) is 30.3 Å². The number of likely N-dealkylation sites (N-methyl/N-ethyl adjacent to an activating group) is 1. The molecular weight excluding hydrogens is 284 g/mol. The third kappa shape index (κ3) is 2.23. The molecule has 2 unspecified atom stereocenters. The van der Waals surface area contributed by atoms with Crippen molar-refractivity contribution in [2.24, 2.45) is 0 Å². The van der Waals surface area contributed by atoms with Gasteiger partial charge in [-0.05, 0) is 49.7 Å². The zero-order valence-corrected chi connectivity index (χ0v) is 13.8. The molecule has 2 aromatic carbocycles. The van der Waals surface area contributed by atoms with Crippen molar-refractivity contribution < 1.29 is 4.74 Å². The van der Waals surface area contributed by atoms with Crippen molar-refractivity contribution in [1.82, 2.24) is 9.88 Å². The predicted octanol–water partition coefficient (Wildman–Crippen LogP) is 4.14. The van der Waals surface area contributed by atoms with E-state index >= 15 is 0 Å². The van der Waals surface area contributed by atoms with E-state index in [1.54, 1.807) is 7.11 Å². The zero-order chi connectivity index (χ0) is 16.0. The first-order valence-electron chi connectivity index (χ1n) is 8.14. The van der Waals surface area contributed by atoms with E-state index in [0.717, 1.165) is 12.2 Å². The highest BCUT2D eigenvalue weighted by Crippen LogP contribution is 2.40. The number of aromatic nitrogens is 1. The van der Waals surface area contributed by atoms with Crippen molar-refractivity contribution >= 4 is 10.9 Å². The highest BCUT2D eigenvalue weighted by atomic mass is 16.5. The number of aromatic amines is 1. The van der Waals surface area contributed by atoms with Gasteiger partial charge in [-0.15, -0.1) is 0 Å². The molecule has 0 aliphatic carbocycles. The van der Waals surface area contributed by atoms with Gasteiger partial charge in [-0.3, -0.25) is 4.90 Å². The molecule has 1 aliphatic heterocycles. The maximum atomic E-state index is 5.43. The molecule has 1 N–H and O–H groups in total. The number of H-pyrrole nitrogens is 1. The Morgan fingerprint density at radius 2 is 1.96 bits per heavy atom. The first-order chi connectivity index (χ1) is 11.2. The highest BCUT2D eigenvalue weighted by Gasteiger charge is 2.33. The summed E-state index contributed by atoms with van der Waals surface area (Å²) in [4.78, 5) is 6.12. The van der Waals surface area contributed by atoms with Crippen LogP contribution < -0.4 is 4.74 Å². The molecule has 0 saturated carbocycles. The van der Waals surface area contributed by atoms with Crippen LogP contribution in [0.3, 0.4) is 0 Å². The van der Waals surface area contributed by atoms with Crippen molar-refractivity contribution in [3.05, 3.63) is 65.4 Å². The number of nitrogens with zero attached hydrogens (tertiary/aromatic N) is 1. The molecule has 0 spiro atoms. The van der Waals surface area contributed by atoms with E-state index < -0.39 is 0 Å². The lowest BCUT2D eigenvalue weighted by Gasteiger charge is -2.38. The van der Waals surface area contributed by atoms with Gasteiger partial charge in [-0.25, -0.2) is 0 Å². The summed E-state index contributed by atoms with van der Waals surface area (Å²) in [5, 5.41) is 1.36. The predicted molar refractivity (Wildman–Crippen MR) is 94.1 cm³/mol. The van der Waals surface area contributed by atoms with E-state index in [1.165, 1.54) is 27.7 Å². The van der Waals surface area contributed by atoms with Gasteiger partial charge in [0.25, 0.3) is 0 Å². The highest BCUT2D eigenvalue weighted by molar-refractivity contribution is 5.85. The Labute approximate surface area is 136 Å². The summed E-state index contributed by atoms with van der Waals surface area (Å²) in [5.41, 5.74) is 5.28. The summed E-state index contributed by atoms with van der Waals surface area (Å²) in [5.74, 6) is 0.909. The van der Waals surface area contributed by atoms with Crippen molar-refractivity contribution in [1.29, 1.82) is 0 Å². The summed E-state index contributed by atoms with van der Waals surface area (Å²) in [6.45, 7) is 2.30. The molecule has 118 valence electrons. The fourth-order valence-electron chi connectivity index (χ4n) is 3.79. The van der Waals surface area contributed by atoms with Gasteiger partial charge in [0.1, 0.15) is 5.75 Å². The lowest BCUT2D eigenvalue weighted by Crippen LogP contribution is -2.39. The van der Waals surface area contributed by atoms with Gasteiger partial charge in [-0.2, -0.15) is 0 Å². The van der Waals surface area contributed by atoms with Crippen LogP contribution in [0.4, 0.5) is 0 Å². The number of fused-ring (bicyclic) bond motifs is 3. The van der Waals surface area contributed by atoms with Crippen LogP contribution in [0.15, 0.2) is 48.5 Å². The van der Waals surface area contributed by atoms with Gasteiger partial charge >= 0.3 is 0 Å². The second kappa shape index (κ2) is 5.43. The Bertz CT molecular complexity index is 852. The van der Waals surface area contributed by atoms with Crippen molar-refractivity contribution in [3.63, 3.8) is 0 Å². The largest absolute Gasteiger partial charge is 0.497 e. The summed E-state index contributed by atoms with van der Waals surface area (Å²) >= 11 is 0. The molecule has 2 heterocycles. The molecule has 0 radical (unpaired) electrons. The van der Waals surface area contributed by atoms with Crippen LogP contribution in [-0.4, -0.2) is 30.1 Å². The maximum absolute atomic E-state index is 5.43. The third-order valence-corrected chi connectivity index (χ3v) is 5.13. The monoisotopic (exact) mass is 306 g/mol. The molecule has 1 aliphatic rings. The molecule has 3 nitrogen and oxygen atoms in total. The van der Waals surface area contributed by atoms with Crippen LogP contribution >= 0.6 is 0 Å². The number of methoxy groups -OCH3 is 1. The molecule has 0 saturated heterocycles. The first kappa shape index (κ1) is 14.3. The molecule has 0 bridgehead atoms. The zero-order valence-electron chi connectivity index (χ0n) is 13.8. The summed E-state index contributed by atoms with van der Waals surface area (Å²) in [6, 6.07) is 17.8. The first-order valence-corrected chi connectivity index (χ1v) is 8.14. The molecule has 3 heteroatoms. The average Bonchev–Trinajstić information content (AvgIpc) is 2.94. The fraction of sp³-hybridized carbons (Fsp3) is 0.300. The second-order valence-electron chi connectivity index (χ2n) is 6.46. The minimum atomic E-state index is 0.233. The van der Waals surface area contributed by atoms with Crippen LogP contribution in [0.2, 0.25) is 0 Å². The van der Waals surface area contributed by atoms with Gasteiger partial charge in [0.15, 0.2) is 0 Å². The Morgan fingerprint density at radius 3 is 2.78 bits per heavy atom. The van der Waals surface area contributed by atoms with Crippen LogP contribution in [0.5, 0.6) is 5.75 Å². The molecule has 4 rings (SSSR count). The molecule has 0 amide bonds. The minimum Gasteiger partial charge on any atom is -0.497 e. The number of ether oxygens (including phenoxy) is 1. The average molecular weight is 306 g/mol. The van der Waals surface area contributed by atoms with E-state index in [-0.39, 0.29) is 6.04 Å². The van der Waals surface area contributed by atoms with E-state index in [2.05, 4.69) is 66.3 Å². The maximum Gasteiger partial charge on any atom is 0.119 e. The minimum absolute atomic E-state index is 0.233. The molecule has 23 heavy (non-hydrogen) atoms. The Kier molecular flexibility index (Phi) is 3.38. The van der Waals surface area contributed by atoms with Crippen LogP contribution in [-0.2, 0) is 6.42 Å². The molecule has 3 aromatic rings. The molecule has 1 aromatic heterocycles. The van der Waals surface area contributed by atoms with E-state index in [4.69, 9.17) is 4.74 Å². The second-order valence-corrected chi connectivity index (χ2v) is 6.46. The normalized spacial score (nSPS) is 21.3. The Balaban J connectivity index is 1.92. The van der Waals surface area contributed by atoms with Crippen molar-refractivity contribution in [3.8, 4) is 5.75 Å². The number of hydrogen-bond donors (Lipinski definition) is 1. The quantitative estimate of drug-likeness (QED) is 0.770. The lowest BCUT2D eigenvalue weighted by atomic mass is 9.89.